The van der Waals surface area contributed by atoms with Gasteiger partial charge in [0, 0.05) is 31.3 Å². The molecule has 8 heteroatoms. The maximum Gasteiger partial charge on any atom is 0.230 e. The van der Waals surface area contributed by atoms with Crippen molar-refractivity contribution >= 4 is 31.9 Å². The Morgan fingerprint density at radius 2 is 1.36 bits per heavy atom. The molecular formula is C17H28N2O5Si. The van der Waals surface area contributed by atoms with E-state index in [1.54, 1.807) is 0 Å². The molecule has 2 heterocycles. The maximum absolute atomic E-state index is 11.6. The SMILES string of the molecule is CCO[Si](C)(CCCC1CC(=O)NC1=O)CCCC1CC(=O)NC1=O. The highest BCUT2D eigenvalue weighted by atomic mass is 28.4. The highest BCUT2D eigenvalue weighted by Gasteiger charge is 2.34. The van der Waals surface area contributed by atoms with E-state index in [1.165, 1.54) is 0 Å². The molecule has 2 saturated heterocycles. The lowest BCUT2D eigenvalue weighted by molar-refractivity contribution is -0.127. The van der Waals surface area contributed by atoms with Crippen LogP contribution in [0.5, 0.6) is 0 Å². The third-order valence-corrected chi connectivity index (χ3v) is 8.95. The number of hydrogen-bond acceptors (Lipinski definition) is 5. The second-order valence-corrected chi connectivity index (χ2v) is 11.5. The smallest absolute Gasteiger partial charge is 0.230 e. The van der Waals surface area contributed by atoms with Gasteiger partial charge in [-0.15, -0.1) is 0 Å². The quantitative estimate of drug-likeness (QED) is 0.449. The molecule has 0 aliphatic carbocycles. The summed E-state index contributed by atoms with van der Waals surface area (Å²) in [6.07, 6.45) is 3.78. The molecule has 2 unspecified atom stereocenters. The summed E-state index contributed by atoms with van der Waals surface area (Å²) in [5.41, 5.74) is 0. The third kappa shape index (κ3) is 5.74. The van der Waals surface area contributed by atoms with Crippen molar-refractivity contribution in [3.05, 3.63) is 0 Å². The molecule has 4 amide bonds. The number of amides is 4. The lowest BCUT2D eigenvalue weighted by Gasteiger charge is -2.27. The van der Waals surface area contributed by atoms with Gasteiger partial charge in [0.1, 0.15) is 0 Å². The van der Waals surface area contributed by atoms with Crippen molar-refractivity contribution < 1.29 is 23.6 Å². The van der Waals surface area contributed by atoms with Crippen LogP contribution < -0.4 is 10.6 Å². The van der Waals surface area contributed by atoms with Crippen LogP contribution in [0.4, 0.5) is 0 Å². The lowest BCUT2D eigenvalue weighted by atomic mass is 10.0. The molecule has 2 atom stereocenters. The molecule has 2 fully saturated rings. The number of imide groups is 2. The van der Waals surface area contributed by atoms with E-state index in [1.807, 2.05) is 6.92 Å². The van der Waals surface area contributed by atoms with E-state index in [0.717, 1.165) is 24.9 Å². The first-order valence-electron chi connectivity index (χ1n) is 9.14. The van der Waals surface area contributed by atoms with Crippen LogP contribution in [0.15, 0.2) is 0 Å². The molecule has 0 aromatic rings. The minimum absolute atomic E-state index is 0.151. The molecule has 0 radical (unpaired) electrons. The molecule has 2 rings (SSSR count). The molecule has 0 aromatic heterocycles. The van der Waals surface area contributed by atoms with Gasteiger partial charge in [0.15, 0.2) is 8.32 Å². The normalized spacial score (nSPS) is 25.8. The zero-order chi connectivity index (χ0) is 18.4. The van der Waals surface area contributed by atoms with Crippen molar-refractivity contribution in [1.29, 1.82) is 0 Å². The molecule has 25 heavy (non-hydrogen) atoms. The summed E-state index contributed by atoms with van der Waals surface area (Å²) in [5, 5.41) is 4.70. The fourth-order valence-electron chi connectivity index (χ4n) is 3.74. The summed E-state index contributed by atoms with van der Waals surface area (Å²) in [6, 6.07) is 1.88. The van der Waals surface area contributed by atoms with E-state index >= 15 is 0 Å². The van der Waals surface area contributed by atoms with Gasteiger partial charge in [-0.1, -0.05) is 12.8 Å². The van der Waals surface area contributed by atoms with Crippen molar-refractivity contribution in [1.82, 2.24) is 10.6 Å². The van der Waals surface area contributed by atoms with E-state index in [-0.39, 0.29) is 35.5 Å². The molecular weight excluding hydrogens is 340 g/mol. The zero-order valence-corrected chi connectivity index (χ0v) is 16.1. The summed E-state index contributed by atoms with van der Waals surface area (Å²) < 4.78 is 6.06. The molecule has 0 spiro atoms. The average Bonchev–Trinajstić information content (AvgIpc) is 3.00. The van der Waals surface area contributed by atoms with E-state index < -0.39 is 8.32 Å². The predicted molar refractivity (Wildman–Crippen MR) is 93.8 cm³/mol. The van der Waals surface area contributed by atoms with Gasteiger partial charge in [0.2, 0.25) is 23.6 Å². The Labute approximate surface area is 149 Å². The van der Waals surface area contributed by atoms with E-state index in [0.29, 0.717) is 32.3 Å². The second-order valence-electron chi connectivity index (χ2n) is 7.29. The minimum Gasteiger partial charge on any atom is -0.417 e. The Morgan fingerprint density at radius 1 is 0.920 bits per heavy atom. The van der Waals surface area contributed by atoms with Crippen LogP contribution in [0.25, 0.3) is 0 Å². The number of carbonyl (C=O) groups is 4. The van der Waals surface area contributed by atoms with Crippen LogP contribution in [0.2, 0.25) is 18.6 Å². The molecule has 0 aromatic carbocycles. The molecule has 7 nitrogen and oxygen atoms in total. The van der Waals surface area contributed by atoms with Gasteiger partial charge in [0.25, 0.3) is 0 Å². The highest BCUT2D eigenvalue weighted by Crippen LogP contribution is 2.28. The van der Waals surface area contributed by atoms with Crippen LogP contribution in [-0.2, 0) is 23.6 Å². The monoisotopic (exact) mass is 368 g/mol. The molecule has 0 saturated carbocycles. The van der Waals surface area contributed by atoms with Gasteiger partial charge in [-0.2, -0.15) is 0 Å². The van der Waals surface area contributed by atoms with Crippen molar-refractivity contribution in [2.45, 2.75) is 64.1 Å². The number of nitrogens with one attached hydrogen (secondary N) is 2. The largest absolute Gasteiger partial charge is 0.417 e. The molecule has 140 valence electrons. The van der Waals surface area contributed by atoms with E-state index in [2.05, 4.69) is 17.2 Å². The fourth-order valence-corrected chi connectivity index (χ4v) is 6.88. The number of hydrogen-bond donors (Lipinski definition) is 2. The van der Waals surface area contributed by atoms with Crippen LogP contribution in [0.3, 0.4) is 0 Å². The van der Waals surface area contributed by atoms with Gasteiger partial charge in [-0.3, -0.25) is 29.8 Å². The Hall–Kier alpha value is -1.54. The topological polar surface area (TPSA) is 102 Å². The number of rotatable bonds is 10. The molecule has 2 N–H and O–H groups in total. The predicted octanol–water partition coefficient (Wildman–Crippen LogP) is 1.48. The van der Waals surface area contributed by atoms with Crippen LogP contribution in [-0.4, -0.2) is 38.6 Å². The average molecular weight is 369 g/mol. The van der Waals surface area contributed by atoms with Crippen LogP contribution in [0.1, 0.15) is 45.4 Å². The van der Waals surface area contributed by atoms with Crippen LogP contribution >= 0.6 is 0 Å². The maximum atomic E-state index is 11.6. The first-order valence-corrected chi connectivity index (χ1v) is 12.0. The lowest BCUT2D eigenvalue weighted by Crippen LogP contribution is -2.35. The number of carbonyl (C=O) groups excluding carboxylic acids is 4. The summed E-state index contributed by atoms with van der Waals surface area (Å²) >= 11 is 0. The first kappa shape index (κ1) is 19.8. The van der Waals surface area contributed by atoms with Gasteiger partial charge in [0.05, 0.1) is 0 Å². The Kier molecular flexibility index (Phi) is 6.89. The summed E-state index contributed by atoms with van der Waals surface area (Å²) in [4.78, 5) is 45.7. The standard InChI is InChI=1S/C17H28N2O5Si/c1-3-24-25(2,8-4-6-12-10-14(20)18-16(12)22)9-5-7-13-11-15(21)19-17(13)23/h12-13H,3-11H2,1-2H3,(H,18,20,22)(H,19,21,23). The highest BCUT2D eigenvalue weighted by molar-refractivity contribution is 6.72. The van der Waals surface area contributed by atoms with Crippen LogP contribution in [0, 0.1) is 11.8 Å². The van der Waals surface area contributed by atoms with E-state index in [9.17, 15) is 19.2 Å². The molecule has 2 aliphatic heterocycles. The van der Waals surface area contributed by atoms with Crippen molar-refractivity contribution in [2.24, 2.45) is 11.8 Å². The van der Waals surface area contributed by atoms with Crippen molar-refractivity contribution in [3.63, 3.8) is 0 Å². The van der Waals surface area contributed by atoms with Crippen molar-refractivity contribution in [3.8, 4) is 0 Å². The second kappa shape index (κ2) is 8.71. The zero-order valence-electron chi connectivity index (χ0n) is 15.1. The van der Waals surface area contributed by atoms with Gasteiger partial charge < -0.3 is 4.43 Å². The Balaban J connectivity index is 1.75. The van der Waals surface area contributed by atoms with E-state index in [4.69, 9.17) is 4.43 Å². The summed E-state index contributed by atoms with van der Waals surface area (Å²) in [5.74, 6) is -1.04. The Morgan fingerprint density at radius 3 is 1.68 bits per heavy atom. The first-order chi connectivity index (χ1) is 11.8. The summed E-state index contributed by atoms with van der Waals surface area (Å²) in [6.45, 7) is 4.83. The molecule has 0 bridgehead atoms. The van der Waals surface area contributed by atoms with Gasteiger partial charge in [-0.05, 0) is 38.4 Å². The van der Waals surface area contributed by atoms with Crippen molar-refractivity contribution in [2.75, 3.05) is 6.61 Å². The molecule has 2 aliphatic rings. The fraction of sp³-hybridized carbons (Fsp3) is 0.765. The minimum atomic E-state index is -1.90. The van der Waals surface area contributed by atoms with Gasteiger partial charge in [-0.25, -0.2) is 0 Å². The van der Waals surface area contributed by atoms with Gasteiger partial charge >= 0.3 is 0 Å². The summed E-state index contributed by atoms with van der Waals surface area (Å²) in [7, 11) is -1.90. The third-order valence-electron chi connectivity index (χ3n) is 5.14. The Bertz CT molecular complexity index is 509.